The number of alkyl halides is 3. The Kier molecular flexibility index (Phi) is 8.85. The van der Waals surface area contributed by atoms with E-state index in [1.165, 1.54) is 38.2 Å². The van der Waals surface area contributed by atoms with E-state index in [1.807, 2.05) is 0 Å². The molecule has 1 N–H and O–H groups in total. The standard InChI is InChI=1S/C26H32F4N4O4Si/c1-16-11-21(38-14-25(2,3)24(35)36)31-13-19(16)17-7-8-18(20(27)12-17)22-32-23(26(28,29)30)34(33-22)15-37-9-10-39(4,5)6/h7-8,11-13H,9-10,14-15H2,1-6H3,(H,35,36). The molecule has 0 atom stereocenters. The smallest absolute Gasteiger partial charge is 0.451 e. The zero-order valence-corrected chi connectivity index (χ0v) is 23.7. The topological polar surface area (TPSA) is 99.4 Å². The molecular weight excluding hydrogens is 536 g/mol. The highest BCUT2D eigenvalue weighted by atomic mass is 28.3. The molecule has 0 saturated carbocycles. The quantitative estimate of drug-likeness (QED) is 0.165. The average molecular weight is 569 g/mol. The molecule has 0 aliphatic rings. The Morgan fingerprint density at radius 3 is 2.38 bits per heavy atom. The Labute approximate surface area is 225 Å². The van der Waals surface area contributed by atoms with Crippen LogP contribution in [0, 0.1) is 18.2 Å². The number of hydrogen-bond donors (Lipinski definition) is 1. The molecule has 1 aromatic carbocycles. The van der Waals surface area contributed by atoms with E-state index in [0.29, 0.717) is 28.0 Å². The zero-order chi connectivity index (χ0) is 29.2. The lowest BCUT2D eigenvalue weighted by Gasteiger charge is -2.19. The fourth-order valence-corrected chi connectivity index (χ4v) is 4.13. The SMILES string of the molecule is Cc1cc(OCC(C)(C)C(=O)O)ncc1-c1ccc(-c2nc(C(F)(F)F)n(COCC[Si](C)(C)C)n2)c(F)c1. The summed E-state index contributed by atoms with van der Waals surface area (Å²) < 4.78 is 67.4. The number of carboxylic acids is 1. The van der Waals surface area contributed by atoms with Crippen molar-refractivity contribution in [3.63, 3.8) is 0 Å². The molecular formula is C26H32F4N4O4Si. The molecule has 2 heterocycles. The average Bonchev–Trinajstić information content (AvgIpc) is 3.24. The monoisotopic (exact) mass is 568 g/mol. The van der Waals surface area contributed by atoms with Gasteiger partial charge in [-0.05, 0) is 50.1 Å². The fourth-order valence-electron chi connectivity index (χ4n) is 3.38. The highest BCUT2D eigenvalue weighted by Crippen LogP contribution is 2.33. The molecule has 8 nitrogen and oxygen atoms in total. The van der Waals surface area contributed by atoms with Crippen molar-refractivity contribution in [2.75, 3.05) is 13.2 Å². The molecule has 0 fully saturated rings. The summed E-state index contributed by atoms with van der Waals surface area (Å²) in [5.74, 6) is -3.27. The van der Waals surface area contributed by atoms with Gasteiger partial charge in [-0.3, -0.25) is 4.79 Å². The van der Waals surface area contributed by atoms with Gasteiger partial charge in [0.05, 0.1) is 11.0 Å². The van der Waals surface area contributed by atoms with Gasteiger partial charge in [0.25, 0.3) is 0 Å². The van der Waals surface area contributed by atoms with Gasteiger partial charge < -0.3 is 14.6 Å². The van der Waals surface area contributed by atoms with Crippen molar-refractivity contribution in [1.82, 2.24) is 19.7 Å². The van der Waals surface area contributed by atoms with Crippen LogP contribution in [0.4, 0.5) is 17.6 Å². The molecule has 0 aliphatic carbocycles. The lowest BCUT2D eigenvalue weighted by molar-refractivity contribution is -0.150. The van der Waals surface area contributed by atoms with E-state index in [9.17, 15) is 23.1 Å². The molecule has 13 heteroatoms. The van der Waals surface area contributed by atoms with Crippen LogP contribution in [-0.4, -0.2) is 52.1 Å². The second-order valence-electron chi connectivity index (χ2n) is 11.1. The number of benzene rings is 1. The predicted octanol–water partition coefficient (Wildman–Crippen LogP) is 6.28. The van der Waals surface area contributed by atoms with Crippen molar-refractivity contribution in [3.05, 3.63) is 47.7 Å². The lowest BCUT2D eigenvalue weighted by atomic mass is 9.95. The molecule has 0 aliphatic heterocycles. The molecule has 3 rings (SSSR count). The van der Waals surface area contributed by atoms with E-state index < -0.39 is 49.8 Å². The minimum absolute atomic E-state index is 0.0969. The van der Waals surface area contributed by atoms with Gasteiger partial charge in [-0.15, -0.1) is 5.10 Å². The first-order chi connectivity index (χ1) is 18.0. The molecule has 0 spiro atoms. The van der Waals surface area contributed by atoms with E-state index >= 15 is 4.39 Å². The normalized spacial score (nSPS) is 12.6. The highest BCUT2D eigenvalue weighted by Gasteiger charge is 2.38. The van der Waals surface area contributed by atoms with Crippen LogP contribution in [0.3, 0.4) is 0 Å². The Morgan fingerprint density at radius 1 is 1.13 bits per heavy atom. The Morgan fingerprint density at radius 2 is 1.82 bits per heavy atom. The Balaban J connectivity index is 1.82. The van der Waals surface area contributed by atoms with E-state index in [1.54, 1.807) is 13.0 Å². The summed E-state index contributed by atoms with van der Waals surface area (Å²) in [4.78, 5) is 19.0. The minimum Gasteiger partial charge on any atom is -0.481 e. The van der Waals surface area contributed by atoms with E-state index in [4.69, 9.17) is 9.47 Å². The third kappa shape index (κ3) is 7.85. The number of ether oxygens (including phenoxy) is 2. The van der Waals surface area contributed by atoms with Gasteiger partial charge in [0.1, 0.15) is 19.2 Å². The lowest BCUT2D eigenvalue weighted by Crippen LogP contribution is -2.30. The van der Waals surface area contributed by atoms with Gasteiger partial charge in [-0.2, -0.15) is 13.2 Å². The van der Waals surface area contributed by atoms with E-state index in [0.717, 1.165) is 6.04 Å². The summed E-state index contributed by atoms with van der Waals surface area (Å²) in [5.41, 5.74) is 0.379. The summed E-state index contributed by atoms with van der Waals surface area (Å²) >= 11 is 0. The number of carboxylic acid groups (broad SMARTS) is 1. The highest BCUT2D eigenvalue weighted by molar-refractivity contribution is 6.76. The molecule has 0 bridgehead atoms. The van der Waals surface area contributed by atoms with Crippen LogP contribution in [0.25, 0.3) is 22.5 Å². The number of aromatic nitrogens is 4. The van der Waals surface area contributed by atoms with Crippen molar-refractivity contribution in [1.29, 1.82) is 0 Å². The zero-order valence-electron chi connectivity index (χ0n) is 22.7. The maximum absolute atomic E-state index is 15.1. The molecule has 2 aromatic heterocycles. The van der Waals surface area contributed by atoms with Crippen LogP contribution in [0.2, 0.25) is 25.7 Å². The van der Waals surface area contributed by atoms with E-state index in [-0.39, 0.29) is 18.1 Å². The summed E-state index contributed by atoms with van der Waals surface area (Å²) in [6, 6.07) is 6.39. The fraction of sp³-hybridized carbons (Fsp3) is 0.462. The van der Waals surface area contributed by atoms with Crippen molar-refractivity contribution < 1.29 is 36.9 Å². The third-order valence-electron chi connectivity index (χ3n) is 5.90. The van der Waals surface area contributed by atoms with Crippen molar-refractivity contribution >= 4 is 14.0 Å². The van der Waals surface area contributed by atoms with Crippen LogP contribution in [0.5, 0.6) is 5.88 Å². The van der Waals surface area contributed by atoms with Crippen molar-refractivity contribution in [2.45, 2.75) is 59.4 Å². The molecule has 0 amide bonds. The maximum atomic E-state index is 15.1. The number of rotatable bonds is 11. The van der Waals surface area contributed by atoms with Gasteiger partial charge in [0.15, 0.2) is 5.82 Å². The van der Waals surface area contributed by atoms with Crippen molar-refractivity contribution in [3.8, 4) is 28.4 Å². The van der Waals surface area contributed by atoms with Crippen LogP contribution in [0.1, 0.15) is 25.2 Å². The second-order valence-corrected chi connectivity index (χ2v) is 16.7. The van der Waals surface area contributed by atoms with Gasteiger partial charge in [0, 0.05) is 32.5 Å². The van der Waals surface area contributed by atoms with Crippen molar-refractivity contribution in [2.24, 2.45) is 5.41 Å². The molecule has 0 unspecified atom stereocenters. The van der Waals surface area contributed by atoms with Gasteiger partial charge in [-0.1, -0.05) is 25.7 Å². The number of hydrogen-bond acceptors (Lipinski definition) is 6. The van der Waals surface area contributed by atoms with Crippen LogP contribution < -0.4 is 4.74 Å². The number of aryl methyl sites for hydroxylation is 1. The van der Waals surface area contributed by atoms with Crippen LogP contribution in [0.15, 0.2) is 30.5 Å². The molecule has 0 radical (unpaired) electrons. The van der Waals surface area contributed by atoms with Gasteiger partial charge >= 0.3 is 12.1 Å². The first kappa shape index (κ1) is 30.2. The minimum atomic E-state index is -4.80. The maximum Gasteiger partial charge on any atom is 0.451 e. The second kappa shape index (κ2) is 11.4. The number of pyridine rings is 1. The summed E-state index contributed by atoms with van der Waals surface area (Å²) in [7, 11) is -1.43. The summed E-state index contributed by atoms with van der Waals surface area (Å²) in [6.45, 7) is 10.9. The van der Waals surface area contributed by atoms with Crippen LogP contribution >= 0.6 is 0 Å². The molecule has 3 aromatic rings. The number of nitrogens with zero attached hydrogens (tertiary/aromatic N) is 4. The van der Waals surface area contributed by atoms with E-state index in [2.05, 4.69) is 34.7 Å². The Bertz CT molecular complexity index is 1340. The predicted molar refractivity (Wildman–Crippen MR) is 139 cm³/mol. The first-order valence-corrected chi connectivity index (χ1v) is 15.9. The third-order valence-corrected chi connectivity index (χ3v) is 7.61. The molecule has 39 heavy (non-hydrogen) atoms. The first-order valence-electron chi connectivity index (χ1n) is 12.2. The molecule has 0 saturated heterocycles. The summed E-state index contributed by atoms with van der Waals surface area (Å²) in [6.07, 6.45) is -3.34. The van der Waals surface area contributed by atoms with Gasteiger partial charge in [-0.25, -0.2) is 19.0 Å². The number of halogens is 4. The largest absolute Gasteiger partial charge is 0.481 e. The number of aliphatic carboxylic acids is 1. The Hall–Kier alpha value is -3.32. The van der Waals surface area contributed by atoms with Gasteiger partial charge in [0.2, 0.25) is 11.7 Å². The van der Waals surface area contributed by atoms with Crippen LogP contribution in [-0.2, 0) is 22.4 Å². The molecule has 212 valence electrons. The number of carbonyl (C=O) groups is 1. The summed E-state index contributed by atoms with van der Waals surface area (Å²) in [5, 5.41) is 13.1.